The third kappa shape index (κ3) is 5.70. The van der Waals surface area contributed by atoms with Gasteiger partial charge in [0, 0.05) is 29.7 Å². The van der Waals surface area contributed by atoms with Gasteiger partial charge < -0.3 is 25.0 Å². The van der Waals surface area contributed by atoms with Gasteiger partial charge in [-0.2, -0.15) is 8.78 Å². The van der Waals surface area contributed by atoms with Crippen molar-refractivity contribution >= 4 is 17.5 Å². The van der Waals surface area contributed by atoms with Crippen molar-refractivity contribution in [2.24, 2.45) is 0 Å². The van der Waals surface area contributed by atoms with Crippen LogP contribution in [0.15, 0.2) is 77.7 Å². The predicted octanol–water partition coefficient (Wildman–Crippen LogP) is 3.94. The maximum atomic E-state index is 12.3. The van der Waals surface area contributed by atoms with E-state index in [1.807, 2.05) is 0 Å². The van der Waals surface area contributed by atoms with E-state index in [4.69, 9.17) is 4.52 Å². The Morgan fingerprint density at radius 2 is 1.71 bits per heavy atom. The summed E-state index contributed by atoms with van der Waals surface area (Å²) in [7, 11) is 0. The zero-order chi connectivity index (χ0) is 23.9. The fraction of sp³-hybridized carbons (Fsp3) is 0.130. The molecule has 0 aliphatic rings. The number of hydrogen-bond donors (Lipinski definition) is 3. The number of ether oxygens (including phenoxy) is 1. The van der Waals surface area contributed by atoms with Crippen molar-refractivity contribution < 1.29 is 27.9 Å². The van der Waals surface area contributed by atoms with Crippen LogP contribution in [0, 0.1) is 0 Å². The topological polar surface area (TPSA) is 122 Å². The molecule has 0 bridgehead atoms. The molecular formula is C23H19F2N5O4. The van der Waals surface area contributed by atoms with Crippen molar-refractivity contribution in [3.05, 3.63) is 84.5 Å². The van der Waals surface area contributed by atoms with Gasteiger partial charge >= 0.3 is 6.61 Å². The molecule has 0 aliphatic heterocycles. The Morgan fingerprint density at radius 1 is 1.00 bits per heavy atom. The quantitative estimate of drug-likeness (QED) is 0.338. The number of rotatable bonds is 9. The number of carbonyl (C=O) groups is 1. The largest absolute Gasteiger partial charge is 0.435 e. The number of nitrogens with zero attached hydrogens (tertiary/aromatic N) is 3. The molecule has 0 aliphatic carbocycles. The van der Waals surface area contributed by atoms with Crippen LogP contribution in [0.2, 0.25) is 0 Å². The first-order valence-corrected chi connectivity index (χ1v) is 10.1. The predicted molar refractivity (Wildman–Crippen MR) is 118 cm³/mol. The van der Waals surface area contributed by atoms with Gasteiger partial charge in [0.25, 0.3) is 5.91 Å². The summed E-state index contributed by atoms with van der Waals surface area (Å²) in [6, 6.07) is 14.0. The Bertz CT molecular complexity index is 1200. The molecule has 2 aromatic heterocycles. The molecule has 34 heavy (non-hydrogen) atoms. The van der Waals surface area contributed by atoms with Crippen LogP contribution in [0.1, 0.15) is 22.2 Å². The molecule has 0 fully saturated rings. The fourth-order valence-corrected chi connectivity index (χ4v) is 3.10. The number of alkyl halides is 2. The van der Waals surface area contributed by atoms with Gasteiger partial charge in [0.05, 0.1) is 18.8 Å². The molecule has 4 aromatic rings. The lowest BCUT2D eigenvalue weighted by molar-refractivity contribution is -0.0498. The lowest BCUT2D eigenvalue weighted by atomic mass is 10.1. The average Bonchev–Trinajstić information content (AvgIpc) is 3.39. The van der Waals surface area contributed by atoms with E-state index in [9.17, 15) is 18.7 Å². The van der Waals surface area contributed by atoms with Gasteiger partial charge in [-0.1, -0.05) is 29.4 Å². The summed E-state index contributed by atoms with van der Waals surface area (Å²) >= 11 is 0. The number of hydrogen-bond acceptors (Lipinski definition) is 8. The van der Waals surface area contributed by atoms with Crippen molar-refractivity contribution in [1.29, 1.82) is 0 Å². The van der Waals surface area contributed by atoms with Gasteiger partial charge in [0.2, 0.25) is 11.7 Å². The minimum Gasteiger partial charge on any atom is -0.435 e. The summed E-state index contributed by atoms with van der Waals surface area (Å²) in [4.78, 5) is 20.7. The number of benzene rings is 2. The van der Waals surface area contributed by atoms with E-state index >= 15 is 0 Å². The van der Waals surface area contributed by atoms with Crippen molar-refractivity contribution in [2.75, 3.05) is 11.9 Å². The minimum absolute atomic E-state index is 0.0507. The van der Waals surface area contributed by atoms with Crippen molar-refractivity contribution in [3.8, 4) is 16.9 Å². The van der Waals surface area contributed by atoms with Gasteiger partial charge in [-0.25, -0.2) is 9.97 Å². The number of halogens is 2. The second kappa shape index (κ2) is 10.5. The summed E-state index contributed by atoms with van der Waals surface area (Å²) in [5, 5.41) is 18.9. The summed E-state index contributed by atoms with van der Waals surface area (Å²) in [6.07, 6.45) is 4.57. The number of amides is 1. The first kappa shape index (κ1) is 22.8. The molecule has 0 radical (unpaired) electrons. The molecule has 3 N–H and O–H groups in total. The second-order valence-electron chi connectivity index (χ2n) is 7.03. The number of carbonyl (C=O) groups excluding carboxylic acids is 1. The lowest BCUT2D eigenvalue weighted by Gasteiger charge is -2.16. The number of aromatic nitrogens is 3. The maximum absolute atomic E-state index is 12.3. The number of nitrogens with one attached hydrogen (secondary N) is 2. The molecule has 2 aromatic carbocycles. The van der Waals surface area contributed by atoms with Gasteiger partial charge in [-0.15, -0.1) is 0 Å². The van der Waals surface area contributed by atoms with Gasteiger partial charge in [0.1, 0.15) is 5.75 Å². The van der Waals surface area contributed by atoms with Crippen molar-refractivity contribution in [1.82, 2.24) is 20.4 Å². The highest BCUT2D eigenvalue weighted by molar-refractivity contribution is 5.91. The Kier molecular flexibility index (Phi) is 7.04. The van der Waals surface area contributed by atoms with Crippen molar-refractivity contribution in [3.63, 3.8) is 0 Å². The molecule has 0 saturated carbocycles. The molecule has 1 atom stereocenters. The van der Waals surface area contributed by atoms with Crippen molar-refractivity contribution in [2.45, 2.75) is 12.7 Å². The first-order chi connectivity index (χ1) is 16.5. The van der Waals surface area contributed by atoms with Crippen LogP contribution in [0.5, 0.6) is 5.75 Å². The fourth-order valence-electron chi connectivity index (χ4n) is 3.10. The molecule has 11 heteroatoms. The molecule has 0 spiro atoms. The van der Waals surface area contributed by atoms with Crippen LogP contribution < -0.4 is 15.4 Å². The summed E-state index contributed by atoms with van der Waals surface area (Å²) in [6.45, 7) is -3.17. The molecular weight excluding hydrogens is 448 g/mol. The molecule has 9 nitrogen and oxygen atoms in total. The van der Waals surface area contributed by atoms with E-state index in [0.29, 0.717) is 22.8 Å². The maximum Gasteiger partial charge on any atom is 0.387 e. The number of aliphatic hydroxyl groups is 1. The summed E-state index contributed by atoms with van der Waals surface area (Å²) in [5.41, 5.74) is 2.84. The van der Waals surface area contributed by atoms with Crippen LogP contribution >= 0.6 is 0 Å². The van der Waals surface area contributed by atoms with Crippen LogP contribution in [0.25, 0.3) is 11.1 Å². The zero-order valence-corrected chi connectivity index (χ0v) is 17.6. The second-order valence-corrected chi connectivity index (χ2v) is 7.03. The van der Waals surface area contributed by atoms with E-state index in [0.717, 1.165) is 5.56 Å². The highest BCUT2D eigenvalue weighted by Crippen LogP contribution is 2.24. The zero-order valence-electron chi connectivity index (χ0n) is 17.6. The van der Waals surface area contributed by atoms with Crippen LogP contribution in [0.3, 0.4) is 0 Å². The summed E-state index contributed by atoms with van der Waals surface area (Å²) in [5.74, 6) is -0.00735. The van der Waals surface area contributed by atoms with Gasteiger partial charge in [0.15, 0.2) is 0 Å². The molecule has 0 saturated heterocycles. The minimum atomic E-state index is -2.87. The molecule has 2 heterocycles. The van der Waals surface area contributed by atoms with Crippen LogP contribution in [-0.2, 0) is 0 Å². The van der Waals surface area contributed by atoms with Gasteiger partial charge in [-0.3, -0.25) is 4.79 Å². The van der Waals surface area contributed by atoms with E-state index in [-0.39, 0.29) is 18.1 Å². The number of aliphatic hydroxyl groups excluding tert-OH is 1. The van der Waals surface area contributed by atoms with Crippen LogP contribution in [0.4, 0.5) is 20.4 Å². The molecule has 1 amide bonds. The third-order valence-electron chi connectivity index (χ3n) is 4.78. The Morgan fingerprint density at radius 3 is 2.29 bits per heavy atom. The van der Waals surface area contributed by atoms with E-state index in [1.165, 1.54) is 24.4 Å². The highest BCUT2D eigenvalue weighted by Gasteiger charge is 2.17. The molecule has 1 unspecified atom stereocenters. The third-order valence-corrected chi connectivity index (χ3v) is 4.78. The van der Waals surface area contributed by atoms with E-state index < -0.39 is 18.6 Å². The Balaban J connectivity index is 1.37. The van der Waals surface area contributed by atoms with E-state index in [1.54, 1.807) is 48.8 Å². The molecule has 174 valence electrons. The molecule has 4 rings (SSSR count). The first-order valence-electron chi connectivity index (χ1n) is 10.1. The lowest BCUT2D eigenvalue weighted by Crippen LogP contribution is -2.30. The Labute approximate surface area is 192 Å². The van der Waals surface area contributed by atoms with E-state index in [2.05, 4.69) is 30.5 Å². The van der Waals surface area contributed by atoms with Crippen LogP contribution in [-0.4, -0.2) is 39.4 Å². The monoisotopic (exact) mass is 467 g/mol. The smallest absolute Gasteiger partial charge is 0.387 e. The SMILES string of the molecule is O=C(NC(CO)c1ccc(Nc2ncc(-c3ccc(OC(F)F)cc3)cn2)cc1)c1ccno1. The summed E-state index contributed by atoms with van der Waals surface area (Å²) < 4.78 is 33.7. The number of anilines is 2. The highest BCUT2D eigenvalue weighted by atomic mass is 19.3. The standard InChI is InChI=1S/C23H19F2N5O4/c24-22(25)33-18-7-3-14(4-8-18)16-11-26-23(27-12-16)29-17-5-1-15(2-6-17)19(13-31)30-21(32)20-9-10-28-34-20/h1-12,19,22,31H,13H2,(H,30,32)(H,26,27,29). The Hall–Kier alpha value is -4.38. The van der Waals surface area contributed by atoms with Gasteiger partial charge in [-0.05, 0) is 35.4 Å². The average molecular weight is 467 g/mol. The normalized spacial score (nSPS) is 11.8.